The Morgan fingerprint density at radius 2 is 1.14 bits per heavy atom. The van der Waals surface area contributed by atoms with Crippen LogP contribution in [0.1, 0.15) is 131 Å². The van der Waals surface area contributed by atoms with Gasteiger partial charge >= 0.3 is 46.3 Å². The standard InChI is InChI=1S/C18H34O2.C4H8O2.C3H7O.C2H4O2.Al/c1-2-3-4-5-6-7-8-9-10-11-12-13-14-15-16-17-18(19)20;1-3-6-4(2)5;1-3(2)4;1-2(3)4;/h9-10H,2-8,11-17H2,1H3,(H,19,20);3H2,1-2H3;3H,1-2H3;1H3,(H,3,4);/q;;-1;;+3/p-2/b10-9-;;;;. The average molecular weight is 515 g/mol. The number of carbonyl (C=O) groups is 3. The van der Waals surface area contributed by atoms with Gasteiger partial charge in [0.2, 0.25) is 0 Å². The molecule has 0 rings (SSSR count). The van der Waals surface area contributed by atoms with Crippen molar-refractivity contribution >= 4 is 34.5 Å². The Bertz CT molecular complexity index is 476. The number of unbranched alkanes of at least 4 members (excludes halogenated alkanes) is 11. The maximum Gasteiger partial charge on any atom is 0.302 e. The van der Waals surface area contributed by atoms with Gasteiger partial charge in [0.25, 0.3) is 0 Å². The van der Waals surface area contributed by atoms with Gasteiger partial charge in [-0.2, -0.15) is 0 Å². The van der Waals surface area contributed by atoms with E-state index >= 15 is 0 Å². The topological polar surface area (TPSA) is 116 Å². The van der Waals surface area contributed by atoms with Crippen LogP contribution < -0.4 is 10.2 Å². The van der Waals surface area contributed by atoms with Gasteiger partial charge in [-0.15, -0.1) is 0 Å². The number of carboxylic acid groups (broad SMARTS) is 2. The van der Waals surface area contributed by atoms with Gasteiger partial charge in [-0.3, -0.25) is 4.79 Å². The Balaban J connectivity index is -0.000000259. The first-order valence-corrected chi connectivity index (χ1v) is 13.5. The molecule has 0 atom stereocenters. The van der Waals surface area contributed by atoms with Crippen LogP contribution in [-0.4, -0.2) is 47.2 Å². The normalized spacial score (nSPS) is 9.86. The number of carboxylic acids is 2. The summed E-state index contributed by atoms with van der Waals surface area (Å²) < 4.78 is 9.07. The molecule has 0 fully saturated rings. The first kappa shape index (κ1) is 40.8. The van der Waals surface area contributed by atoms with Gasteiger partial charge in [0.15, 0.2) is 0 Å². The molecule has 0 saturated carbocycles. The summed E-state index contributed by atoms with van der Waals surface area (Å²) in [4.78, 5) is 28.9. The third kappa shape index (κ3) is 71.9. The van der Waals surface area contributed by atoms with Gasteiger partial charge in [-0.05, 0) is 52.4 Å². The number of hydrogen-bond acceptors (Lipinski definition) is 7. The largest absolute Gasteiger partial charge is 0.550 e. The van der Waals surface area contributed by atoms with Crippen molar-refractivity contribution in [1.82, 2.24) is 0 Å². The van der Waals surface area contributed by atoms with E-state index in [4.69, 9.17) is 9.90 Å². The number of esters is 1. The summed E-state index contributed by atoms with van der Waals surface area (Å²) in [5.41, 5.74) is 0. The number of aliphatic carboxylic acids is 2. The molecule has 204 valence electrons. The SMILES string of the molecule is CC(=O)[O-].CC(C)[O][Al+2].CCCCCCCC/C=C\CCCCCCCC(=O)[O-].CCOC(C)=O. The Morgan fingerprint density at radius 1 is 0.771 bits per heavy atom. The fraction of sp³-hybridized carbons (Fsp3) is 0.815. The van der Waals surface area contributed by atoms with Crippen LogP contribution in [0.25, 0.3) is 0 Å². The molecule has 0 unspecified atom stereocenters. The zero-order valence-electron chi connectivity index (χ0n) is 23.3. The van der Waals surface area contributed by atoms with Crippen LogP contribution in [0.5, 0.6) is 0 Å². The van der Waals surface area contributed by atoms with E-state index in [9.17, 15) is 14.7 Å². The quantitative estimate of drug-likeness (QED) is 0.121. The zero-order valence-corrected chi connectivity index (χ0v) is 24.4. The van der Waals surface area contributed by atoms with Gasteiger partial charge in [-0.25, -0.2) is 0 Å². The van der Waals surface area contributed by atoms with E-state index < -0.39 is 11.9 Å². The first-order valence-electron chi connectivity index (χ1n) is 13.1. The molecule has 0 radical (unpaired) electrons. The van der Waals surface area contributed by atoms with Gasteiger partial charge in [0.05, 0.1) is 6.61 Å². The van der Waals surface area contributed by atoms with Crippen molar-refractivity contribution in [2.75, 3.05) is 6.61 Å². The van der Waals surface area contributed by atoms with Crippen molar-refractivity contribution < 1.29 is 33.1 Å². The molecule has 0 amide bonds. The number of carbonyl (C=O) groups excluding carboxylic acids is 3. The van der Waals surface area contributed by atoms with Crippen LogP contribution in [0.2, 0.25) is 0 Å². The Morgan fingerprint density at radius 3 is 1.43 bits per heavy atom. The molecule has 35 heavy (non-hydrogen) atoms. The summed E-state index contributed by atoms with van der Waals surface area (Å²) >= 11 is 2.19. The maximum absolute atomic E-state index is 10.2. The molecule has 0 aliphatic heterocycles. The van der Waals surface area contributed by atoms with E-state index in [1.165, 1.54) is 71.1 Å². The van der Waals surface area contributed by atoms with Gasteiger partial charge < -0.3 is 24.5 Å². The molecule has 0 heterocycles. The minimum absolute atomic E-state index is 0.211. The van der Waals surface area contributed by atoms with Crippen LogP contribution in [0.3, 0.4) is 0 Å². The van der Waals surface area contributed by atoms with Crippen molar-refractivity contribution in [1.29, 1.82) is 0 Å². The summed E-state index contributed by atoms with van der Waals surface area (Å²) in [7, 11) is 0. The molecule has 0 aliphatic rings. The molecule has 0 aliphatic carbocycles. The molecule has 0 spiro atoms. The number of rotatable bonds is 17. The maximum atomic E-state index is 10.2. The van der Waals surface area contributed by atoms with E-state index in [-0.39, 0.29) is 12.4 Å². The minimum Gasteiger partial charge on any atom is -0.550 e. The minimum atomic E-state index is -1.08. The summed E-state index contributed by atoms with van der Waals surface area (Å²) in [5, 5.41) is 19.1. The summed E-state index contributed by atoms with van der Waals surface area (Å²) in [6, 6.07) is 0. The van der Waals surface area contributed by atoms with E-state index in [1.54, 1.807) is 6.92 Å². The van der Waals surface area contributed by atoms with Gasteiger partial charge in [0.1, 0.15) is 0 Å². The predicted octanol–water partition coefficient (Wildman–Crippen LogP) is 4.59. The van der Waals surface area contributed by atoms with Gasteiger partial charge in [0, 0.05) is 18.9 Å². The Hall–Kier alpha value is -1.36. The predicted molar refractivity (Wildman–Crippen MR) is 139 cm³/mol. The van der Waals surface area contributed by atoms with Crippen molar-refractivity contribution in [2.24, 2.45) is 0 Å². The molecule has 0 aromatic heterocycles. The van der Waals surface area contributed by atoms with Crippen LogP contribution in [0.15, 0.2) is 12.2 Å². The molecule has 0 aromatic rings. The second-order valence-corrected chi connectivity index (χ2v) is 8.58. The summed E-state index contributed by atoms with van der Waals surface area (Å²) in [5.74, 6) is -2.21. The van der Waals surface area contributed by atoms with E-state index in [1.807, 2.05) is 13.8 Å². The molecule has 0 bridgehead atoms. The zero-order chi connectivity index (χ0) is 27.7. The molecule has 0 aromatic carbocycles. The van der Waals surface area contributed by atoms with E-state index in [0.717, 1.165) is 26.2 Å². The molecule has 0 N–H and O–H groups in total. The van der Waals surface area contributed by atoms with Crippen molar-refractivity contribution in [3.05, 3.63) is 12.2 Å². The van der Waals surface area contributed by atoms with Crippen molar-refractivity contribution in [3.63, 3.8) is 0 Å². The molecule has 8 heteroatoms. The smallest absolute Gasteiger partial charge is 0.302 e. The van der Waals surface area contributed by atoms with Crippen LogP contribution in [-0.2, 0) is 22.9 Å². The van der Waals surface area contributed by atoms with E-state index in [0.29, 0.717) is 12.7 Å². The van der Waals surface area contributed by atoms with Crippen LogP contribution in [0, 0.1) is 0 Å². The Kier molecular flexibility index (Phi) is 43.4. The van der Waals surface area contributed by atoms with Crippen LogP contribution in [0.4, 0.5) is 0 Å². The first-order chi connectivity index (χ1) is 16.5. The third-order valence-corrected chi connectivity index (χ3v) is 4.81. The van der Waals surface area contributed by atoms with E-state index in [2.05, 4.69) is 44.2 Å². The number of ether oxygens (including phenoxy) is 1. The summed E-state index contributed by atoms with van der Waals surface area (Å²) in [6.07, 6.45) is 21.2. The fourth-order valence-corrected chi connectivity index (χ4v) is 2.54. The second-order valence-electron chi connectivity index (χ2n) is 8.31. The molecule has 0 saturated heterocycles. The van der Waals surface area contributed by atoms with Crippen molar-refractivity contribution in [3.8, 4) is 0 Å². The Labute approximate surface area is 223 Å². The fourth-order valence-electron chi connectivity index (χ4n) is 2.54. The average Bonchev–Trinajstić information content (AvgIpc) is 2.76. The monoisotopic (exact) mass is 514 g/mol. The number of hydrogen-bond donors (Lipinski definition) is 0. The second kappa shape index (κ2) is 37.2. The summed E-state index contributed by atoms with van der Waals surface area (Å²) in [6.45, 7) is 10.8. The number of allylic oxidation sites excluding steroid dienone is 2. The molecule has 7 nitrogen and oxygen atoms in total. The van der Waals surface area contributed by atoms with Gasteiger partial charge in [-0.1, -0.05) is 70.4 Å². The molecular formula is C27H51AlO7. The van der Waals surface area contributed by atoms with Crippen molar-refractivity contribution in [2.45, 2.75) is 138 Å². The third-order valence-electron chi connectivity index (χ3n) is 4.26. The molecular weight excluding hydrogens is 463 g/mol. The van der Waals surface area contributed by atoms with Crippen LogP contribution >= 0.6 is 0 Å².